The van der Waals surface area contributed by atoms with Gasteiger partial charge in [0.05, 0.1) is 52.9 Å². The minimum Gasteiger partial charge on any atom is -0.465 e. The topological polar surface area (TPSA) is 319 Å². The molecule has 0 aliphatic carbocycles. The minimum atomic E-state index is -1.52. The molecule has 9 rings (SSSR count). The lowest BCUT2D eigenvalue weighted by molar-refractivity contribution is -0.159. The molecule has 0 saturated heterocycles. The monoisotopic (exact) mass is 1590 g/mol. The number of nitrogens with one attached hydrogen (secondary N) is 2. The summed E-state index contributed by atoms with van der Waals surface area (Å²) in [6.45, 7) is 17.4. The van der Waals surface area contributed by atoms with Crippen molar-refractivity contribution in [3.8, 4) is 45.6 Å². The molecule has 2 aliphatic heterocycles. The van der Waals surface area contributed by atoms with Gasteiger partial charge in [0.25, 0.3) is 0 Å². The highest BCUT2D eigenvalue weighted by Crippen LogP contribution is 2.42. The number of hydrogen-bond acceptors (Lipinski definition) is 22. The highest BCUT2D eigenvalue weighted by atomic mass is 16.6. The molecular formula is C92H122N8O16. The number of ether oxygens (including phenoxy) is 8. The summed E-state index contributed by atoms with van der Waals surface area (Å²) in [5, 5.41) is 1.62. The molecule has 8 bridgehead atoms. The number of nitrogens with zero attached hydrogens (tertiary/aromatic N) is 6. The second-order valence-corrected chi connectivity index (χ2v) is 30.4. The summed E-state index contributed by atoms with van der Waals surface area (Å²) >= 11 is 0. The van der Waals surface area contributed by atoms with E-state index in [4.69, 9.17) is 67.8 Å². The maximum absolute atomic E-state index is 14.5. The first-order valence-corrected chi connectivity index (χ1v) is 43.3. The highest BCUT2D eigenvalue weighted by Gasteiger charge is 2.38. The predicted octanol–water partition coefficient (Wildman–Crippen LogP) is 20.2. The van der Waals surface area contributed by atoms with Crippen LogP contribution in [0.15, 0.2) is 72.8 Å². The number of benzene rings is 4. The molecule has 0 amide bonds. The Kier molecular flexibility index (Phi) is 37.1. The number of carbonyl (C=O) groups excluding carboxylic acids is 8. The van der Waals surface area contributed by atoms with Gasteiger partial charge in [-0.05, 0) is 97.9 Å². The average Bonchev–Trinajstić information content (AvgIpc) is 1.59. The summed E-state index contributed by atoms with van der Waals surface area (Å²) in [6.07, 6.45) is 26.6. The van der Waals surface area contributed by atoms with Crippen LogP contribution in [-0.2, 0) is 76.3 Å². The van der Waals surface area contributed by atoms with Crippen LogP contribution in [0.1, 0.15) is 307 Å². The first-order chi connectivity index (χ1) is 56.6. The van der Waals surface area contributed by atoms with E-state index < -0.39 is 71.4 Å². The zero-order valence-electron chi connectivity index (χ0n) is 69.7. The van der Waals surface area contributed by atoms with Crippen LogP contribution in [-0.4, -0.2) is 140 Å². The van der Waals surface area contributed by atoms with Gasteiger partial charge in [-0.15, -0.1) is 0 Å². The lowest BCUT2D eigenvalue weighted by atomic mass is 9.94. The van der Waals surface area contributed by atoms with Crippen molar-refractivity contribution in [3.63, 3.8) is 0 Å². The summed E-state index contributed by atoms with van der Waals surface area (Å²) in [7, 11) is 0. The van der Waals surface area contributed by atoms with Gasteiger partial charge in [0, 0.05) is 43.8 Å². The molecule has 2 aliphatic rings. The lowest BCUT2D eigenvalue weighted by Gasteiger charge is -2.17. The molecule has 0 radical (unpaired) electrons. The van der Waals surface area contributed by atoms with Crippen LogP contribution >= 0.6 is 0 Å². The first kappa shape index (κ1) is 89.9. The average molecular weight is 1600 g/mol. The standard InChI is InChI=1S/C92H122N8O16/c1-9-17-25-33-49-109-85(101)73(86(102)110-50-34-26-18-10-2)61-41-45-65-69(57-61)81-93-77(65)98-82-71-59-63(75(89(105)113-53-37-29-21-13-5)90(106)114-54-38-30-22-14-6)43-47-67(71)79(95-82)100-84-72-60-64(76(91(107)115-55-39-31-23-15-7)92(108)116-56-40-32-24-16-8)44-48-68(72)80(96-84)99-83-70-58-62(42-46-66(70)78(94-83)97-81)74(87(103)111-51-35-27-19-11-3)88(104)112-52-36-28-20-12-4/h41-48,57-60,73-76H,9-40,49-56H2,1-8H3,(H2,93,94,95,96,97,98,99,100). The Morgan fingerprint density at radius 3 is 0.655 bits per heavy atom. The normalized spacial score (nSPS) is 11.7. The minimum absolute atomic E-state index is 0.0624. The maximum atomic E-state index is 14.5. The molecule has 3 aromatic heterocycles. The quantitative estimate of drug-likeness (QED) is 0.0155. The van der Waals surface area contributed by atoms with E-state index in [2.05, 4.69) is 65.4 Å². The van der Waals surface area contributed by atoms with Gasteiger partial charge in [0.1, 0.15) is 22.6 Å². The van der Waals surface area contributed by atoms with E-state index in [0.29, 0.717) is 95.2 Å². The van der Waals surface area contributed by atoms with E-state index in [9.17, 15) is 38.4 Å². The fourth-order valence-corrected chi connectivity index (χ4v) is 14.3. The third-order valence-corrected chi connectivity index (χ3v) is 21.1. The number of fused-ring (bicyclic) bond motifs is 20. The first-order valence-electron chi connectivity index (χ1n) is 43.3. The Balaban J connectivity index is 1.35. The number of unbranched alkanes of at least 4 members (excludes halogenated alkanes) is 24. The van der Waals surface area contributed by atoms with E-state index in [1.165, 1.54) is 0 Å². The summed E-state index contributed by atoms with van der Waals surface area (Å²) in [6, 6.07) is 20.1. The van der Waals surface area contributed by atoms with Gasteiger partial charge in [-0.3, -0.25) is 38.4 Å². The molecule has 0 atom stereocenters. The van der Waals surface area contributed by atoms with Crippen molar-refractivity contribution < 1.29 is 76.3 Å². The Bertz CT molecular complexity index is 4220. The van der Waals surface area contributed by atoms with Crippen LogP contribution in [0.2, 0.25) is 0 Å². The summed E-state index contributed by atoms with van der Waals surface area (Å²) < 4.78 is 47.2. The van der Waals surface area contributed by atoms with Crippen molar-refractivity contribution in [2.24, 2.45) is 0 Å². The molecule has 0 spiro atoms. The third-order valence-electron chi connectivity index (χ3n) is 21.1. The van der Waals surface area contributed by atoms with Gasteiger partial charge < -0.3 is 47.9 Å². The van der Waals surface area contributed by atoms with Crippen molar-refractivity contribution in [2.45, 2.75) is 285 Å². The van der Waals surface area contributed by atoms with Crippen molar-refractivity contribution in [2.75, 3.05) is 52.9 Å². The molecule has 2 N–H and O–H groups in total. The third kappa shape index (κ3) is 25.0. The second kappa shape index (κ2) is 47.9. The zero-order valence-corrected chi connectivity index (χ0v) is 69.7. The summed E-state index contributed by atoms with van der Waals surface area (Å²) in [4.78, 5) is 155. The molecule has 7 aromatic rings. The van der Waals surface area contributed by atoms with E-state index in [0.717, 1.165) is 154 Å². The van der Waals surface area contributed by atoms with E-state index >= 15 is 0 Å². The number of carbonyl (C=O) groups is 8. The molecule has 24 nitrogen and oxygen atoms in total. The molecule has 626 valence electrons. The zero-order chi connectivity index (χ0) is 82.6. The number of esters is 8. The van der Waals surface area contributed by atoms with Gasteiger partial charge >= 0.3 is 47.8 Å². The van der Waals surface area contributed by atoms with Crippen molar-refractivity contribution >= 4 is 91.9 Å². The van der Waals surface area contributed by atoms with Crippen LogP contribution < -0.4 is 0 Å². The van der Waals surface area contributed by atoms with E-state index in [1.54, 1.807) is 72.8 Å². The van der Waals surface area contributed by atoms with Crippen molar-refractivity contribution in [3.05, 3.63) is 95.1 Å². The largest absolute Gasteiger partial charge is 0.465 e. The van der Waals surface area contributed by atoms with Gasteiger partial charge in [-0.25, -0.2) is 29.9 Å². The molecular weight excluding hydrogens is 1470 g/mol. The molecule has 24 heteroatoms. The fraction of sp³-hybridized carbons (Fsp3) is 0.565. The summed E-state index contributed by atoms with van der Waals surface area (Å²) in [5.41, 5.74) is 3.14. The Hall–Kier alpha value is -10.0. The van der Waals surface area contributed by atoms with Gasteiger partial charge in [-0.1, -0.05) is 258 Å². The van der Waals surface area contributed by atoms with Crippen LogP contribution in [0.3, 0.4) is 0 Å². The molecule has 0 fully saturated rings. The van der Waals surface area contributed by atoms with Crippen LogP contribution in [0, 0.1) is 0 Å². The number of H-pyrrole nitrogens is 2. The van der Waals surface area contributed by atoms with Crippen LogP contribution in [0.25, 0.3) is 89.7 Å². The Morgan fingerprint density at radius 2 is 0.431 bits per heavy atom. The molecule has 4 aromatic carbocycles. The van der Waals surface area contributed by atoms with Crippen molar-refractivity contribution in [1.82, 2.24) is 39.9 Å². The van der Waals surface area contributed by atoms with Gasteiger partial charge in [-0.2, -0.15) is 0 Å². The fourth-order valence-electron chi connectivity index (χ4n) is 14.3. The maximum Gasteiger partial charge on any atom is 0.324 e. The van der Waals surface area contributed by atoms with Crippen molar-refractivity contribution in [1.29, 1.82) is 0 Å². The summed E-state index contributed by atoms with van der Waals surface area (Å²) in [5.74, 6) is -12.0. The van der Waals surface area contributed by atoms with Crippen LogP contribution in [0.4, 0.5) is 0 Å². The Morgan fingerprint density at radius 1 is 0.233 bits per heavy atom. The lowest BCUT2D eigenvalue weighted by Crippen LogP contribution is -2.27. The molecule has 5 heterocycles. The number of aromatic nitrogens is 8. The van der Waals surface area contributed by atoms with Crippen LogP contribution in [0.5, 0.6) is 0 Å². The number of aromatic amines is 2. The number of rotatable bonds is 52. The smallest absolute Gasteiger partial charge is 0.324 e. The molecule has 0 unspecified atom stereocenters. The van der Waals surface area contributed by atoms with E-state index in [-0.39, 0.29) is 121 Å². The van der Waals surface area contributed by atoms with E-state index in [1.807, 2.05) is 0 Å². The van der Waals surface area contributed by atoms with Gasteiger partial charge in [0.15, 0.2) is 47.0 Å². The van der Waals surface area contributed by atoms with Gasteiger partial charge in [0.2, 0.25) is 0 Å². The predicted molar refractivity (Wildman–Crippen MR) is 448 cm³/mol. The number of hydrogen-bond donors (Lipinski definition) is 2. The molecule has 0 saturated carbocycles. The Labute approximate surface area is 682 Å². The molecule has 116 heavy (non-hydrogen) atoms. The highest BCUT2D eigenvalue weighted by molar-refractivity contribution is 6.10. The SMILES string of the molecule is CCCCCCOC(=O)C(C(=O)OCCCCCC)c1ccc2c(c1)-c1nc-2nc2[nH]c(nc3nc(nc4[nH]c(n1)c1ccc(C(C(=O)OCCCCCC)C(=O)OCCCCCC)cc41)-c1ccc(C(C(=O)OCCCCCC)C(=O)OCCCCCC)cc1-3)c1ccc(C(C(=O)OCCCCCC)C(=O)OCCCCCC)cc21. The second-order valence-electron chi connectivity index (χ2n) is 30.4.